The van der Waals surface area contributed by atoms with E-state index in [-0.39, 0.29) is 0 Å². The van der Waals surface area contributed by atoms with Crippen LogP contribution in [0.25, 0.3) is 0 Å². The highest BCUT2D eigenvalue weighted by molar-refractivity contribution is 5.05. The van der Waals surface area contributed by atoms with Crippen LogP contribution < -0.4 is 11.1 Å². The summed E-state index contributed by atoms with van der Waals surface area (Å²) in [4.78, 5) is 0. The van der Waals surface area contributed by atoms with E-state index < -0.39 is 0 Å². The van der Waals surface area contributed by atoms with E-state index in [0.717, 1.165) is 31.2 Å². The summed E-state index contributed by atoms with van der Waals surface area (Å²) < 4.78 is 5.47. The van der Waals surface area contributed by atoms with Crippen molar-refractivity contribution in [3.05, 3.63) is 23.7 Å². The fourth-order valence-corrected chi connectivity index (χ4v) is 1.55. The summed E-state index contributed by atoms with van der Waals surface area (Å²) in [5.41, 5.74) is 5.69. The average Bonchev–Trinajstić information content (AvgIpc) is 2.58. The van der Waals surface area contributed by atoms with Crippen LogP contribution in [0.2, 0.25) is 0 Å². The van der Waals surface area contributed by atoms with Gasteiger partial charge in [0.1, 0.15) is 11.5 Å². The molecule has 0 fully saturated rings. The van der Waals surface area contributed by atoms with E-state index >= 15 is 0 Å². The summed E-state index contributed by atoms with van der Waals surface area (Å²) >= 11 is 0. The molecular weight excluding hydrogens is 188 g/mol. The third-order valence-corrected chi connectivity index (χ3v) is 2.75. The maximum atomic E-state index is 5.69. The fourth-order valence-electron chi connectivity index (χ4n) is 1.55. The van der Waals surface area contributed by atoms with Crippen LogP contribution in [0.15, 0.2) is 16.5 Å². The van der Waals surface area contributed by atoms with Crippen molar-refractivity contribution in [2.75, 3.05) is 13.1 Å². The second-order valence-corrected chi connectivity index (χ2v) is 4.38. The normalized spacial score (nSPS) is 13.4. The van der Waals surface area contributed by atoms with Gasteiger partial charge in [0, 0.05) is 0 Å². The highest BCUT2D eigenvalue weighted by Gasteiger charge is 2.10. The molecule has 1 aromatic rings. The van der Waals surface area contributed by atoms with Crippen molar-refractivity contribution in [2.45, 2.75) is 27.3 Å². The van der Waals surface area contributed by atoms with Crippen LogP contribution in [0.4, 0.5) is 0 Å². The zero-order chi connectivity index (χ0) is 11.3. The van der Waals surface area contributed by atoms with Crippen molar-refractivity contribution in [2.24, 2.45) is 17.6 Å². The highest BCUT2D eigenvalue weighted by atomic mass is 16.3. The molecule has 1 atom stereocenters. The molecular formula is C12H22N2O. The Balaban J connectivity index is 2.26. The first-order valence-electron chi connectivity index (χ1n) is 5.59. The number of rotatable bonds is 6. The maximum absolute atomic E-state index is 5.69. The number of aryl methyl sites for hydroxylation is 1. The van der Waals surface area contributed by atoms with Gasteiger partial charge >= 0.3 is 0 Å². The lowest BCUT2D eigenvalue weighted by molar-refractivity contribution is 0.360. The van der Waals surface area contributed by atoms with Crippen molar-refractivity contribution in [3.8, 4) is 0 Å². The molecule has 0 bridgehead atoms. The van der Waals surface area contributed by atoms with E-state index in [1.807, 2.05) is 19.1 Å². The van der Waals surface area contributed by atoms with Crippen molar-refractivity contribution in [1.82, 2.24) is 5.32 Å². The monoisotopic (exact) mass is 210 g/mol. The predicted octanol–water partition coefficient (Wildman–Crippen LogP) is 1.91. The van der Waals surface area contributed by atoms with E-state index in [2.05, 4.69) is 19.2 Å². The van der Waals surface area contributed by atoms with Crippen LogP contribution in [0.3, 0.4) is 0 Å². The predicted molar refractivity (Wildman–Crippen MR) is 62.5 cm³/mol. The highest BCUT2D eigenvalue weighted by Crippen LogP contribution is 2.09. The summed E-state index contributed by atoms with van der Waals surface area (Å²) in [5.74, 6) is 3.12. The van der Waals surface area contributed by atoms with E-state index in [9.17, 15) is 0 Å². The van der Waals surface area contributed by atoms with Gasteiger partial charge in [-0.3, -0.25) is 0 Å². The summed E-state index contributed by atoms with van der Waals surface area (Å²) in [7, 11) is 0. The molecule has 1 rings (SSSR count). The lowest BCUT2D eigenvalue weighted by atomic mass is 9.96. The van der Waals surface area contributed by atoms with Gasteiger partial charge in [-0.25, -0.2) is 0 Å². The zero-order valence-corrected chi connectivity index (χ0v) is 9.92. The molecule has 0 aliphatic rings. The first-order chi connectivity index (χ1) is 7.13. The van der Waals surface area contributed by atoms with Crippen LogP contribution in [0.5, 0.6) is 0 Å². The summed E-state index contributed by atoms with van der Waals surface area (Å²) in [6.07, 6.45) is 0. The number of hydrogen-bond acceptors (Lipinski definition) is 3. The lowest BCUT2D eigenvalue weighted by Crippen LogP contribution is -2.31. The van der Waals surface area contributed by atoms with Gasteiger partial charge in [0.15, 0.2) is 0 Å². The topological polar surface area (TPSA) is 51.2 Å². The molecule has 3 heteroatoms. The van der Waals surface area contributed by atoms with Gasteiger partial charge < -0.3 is 15.5 Å². The van der Waals surface area contributed by atoms with E-state index in [1.165, 1.54) is 0 Å². The SMILES string of the molecule is Cc1ccc(CNCC(CN)C(C)C)o1. The molecule has 1 aromatic heterocycles. The molecule has 0 aromatic carbocycles. The molecule has 0 saturated heterocycles. The Morgan fingerprint density at radius 1 is 1.40 bits per heavy atom. The summed E-state index contributed by atoms with van der Waals surface area (Å²) in [5, 5.41) is 3.37. The molecule has 0 aliphatic carbocycles. The Labute approximate surface area is 92.0 Å². The van der Waals surface area contributed by atoms with Gasteiger partial charge in [-0.2, -0.15) is 0 Å². The molecule has 0 aliphatic heterocycles. The third-order valence-electron chi connectivity index (χ3n) is 2.75. The van der Waals surface area contributed by atoms with Gasteiger partial charge in [-0.05, 0) is 44.0 Å². The third kappa shape index (κ3) is 4.06. The molecule has 0 radical (unpaired) electrons. The first kappa shape index (κ1) is 12.3. The largest absolute Gasteiger partial charge is 0.465 e. The Morgan fingerprint density at radius 2 is 2.13 bits per heavy atom. The van der Waals surface area contributed by atoms with Crippen LogP contribution in [0, 0.1) is 18.8 Å². The van der Waals surface area contributed by atoms with Crippen molar-refractivity contribution < 1.29 is 4.42 Å². The Bertz CT molecular complexity index is 281. The van der Waals surface area contributed by atoms with Crippen LogP contribution in [-0.4, -0.2) is 13.1 Å². The first-order valence-corrected chi connectivity index (χ1v) is 5.59. The minimum Gasteiger partial charge on any atom is -0.465 e. The van der Waals surface area contributed by atoms with Crippen molar-refractivity contribution in [3.63, 3.8) is 0 Å². The molecule has 86 valence electrons. The second-order valence-electron chi connectivity index (χ2n) is 4.38. The molecule has 15 heavy (non-hydrogen) atoms. The van der Waals surface area contributed by atoms with Gasteiger partial charge in [0.05, 0.1) is 6.54 Å². The number of nitrogens with one attached hydrogen (secondary N) is 1. The Kier molecular flexibility index (Phi) is 4.85. The van der Waals surface area contributed by atoms with E-state index in [0.29, 0.717) is 11.8 Å². The van der Waals surface area contributed by atoms with Crippen LogP contribution in [0.1, 0.15) is 25.4 Å². The minimum absolute atomic E-state index is 0.543. The second kappa shape index (κ2) is 5.93. The number of nitrogens with two attached hydrogens (primary N) is 1. The summed E-state index contributed by atoms with van der Waals surface area (Å²) in [6, 6.07) is 4.00. The van der Waals surface area contributed by atoms with Crippen LogP contribution in [-0.2, 0) is 6.54 Å². The minimum atomic E-state index is 0.543. The molecule has 0 spiro atoms. The van der Waals surface area contributed by atoms with Crippen LogP contribution >= 0.6 is 0 Å². The average molecular weight is 210 g/mol. The fraction of sp³-hybridized carbons (Fsp3) is 0.667. The van der Waals surface area contributed by atoms with E-state index in [1.54, 1.807) is 0 Å². The standard InChI is InChI=1S/C12H22N2O/c1-9(2)11(6-13)7-14-8-12-5-4-10(3)15-12/h4-5,9,11,14H,6-8,13H2,1-3H3. The molecule has 3 nitrogen and oxygen atoms in total. The van der Waals surface area contributed by atoms with Crippen molar-refractivity contribution >= 4 is 0 Å². The number of furan rings is 1. The quantitative estimate of drug-likeness (QED) is 0.754. The molecule has 0 saturated carbocycles. The van der Waals surface area contributed by atoms with Gasteiger partial charge in [-0.15, -0.1) is 0 Å². The Morgan fingerprint density at radius 3 is 2.60 bits per heavy atom. The Hall–Kier alpha value is -0.800. The zero-order valence-electron chi connectivity index (χ0n) is 9.92. The molecule has 0 amide bonds. The summed E-state index contributed by atoms with van der Waals surface area (Å²) in [6.45, 7) is 8.85. The molecule has 3 N–H and O–H groups in total. The molecule has 1 heterocycles. The lowest BCUT2D eigenvalue weighted by Gasteiger charge is -2.18. The smallest absolute Gasteiger partial charge is 0.117 e. The van der Waals surface area contributed by atoms with Crippen molar-refractivity contribution in [1.29, 1.82) is 0 Å². The molecule has 1 unspecified atom stereocenters. The number of hydrogen-bond donors (Lipinski definition) is 2. The van der Waals surface area contributed by atoms with E-state index in [4.69, 9.17) is 10.2 Å². The van der Waals surface area contributed by atoms with Gasteiger partial charge in [-0.1, -0.05) is 13.8 Å². The van der Waals surface area contributed by atoms with Gasteiger partial charge in [0.2, 0.25) is 0 Å². The van der Waals surface area contributed by atoms with Gasteiger partial charge in [0.25, 0.3) is 0 Å². The maximum Gasteiger partial charge on any atom is 0.117 e.